The summed E-state index contributed by atoms with van der Waals surface area (Å²) in [6.45, 7) is 1.88. The van der Waals surface area contributed by atoms with Gasteiger partial charge in [0.25, 0.3) is 5.91 Å². The SMILES string of the molecule is Cc1ccccc1[C@H](CC(=O)O)NC(=O)c1cccc(-c2ccc(C#N)cc2)n1. The van der Waals surface area contributed by atoms with E-state index in [1.54, 1.807) is 42.5 Å². The molecule has 1 aromatic heterocycles. The number of hydrogen-bond donors (Lipinski definition) is 2. The van der Waals surface area contributed by atoms with E-state index in [0.717, 1.165) is 16.7 Å². The highest BCUT2D eigenvalue weighted by molar-refractivity contribution is 5.93. The Balaban J connectivity index is 1.86. The lowest BCUT2D eigenvalue weighted by Gasteiger charge is -2.19. The average molecular weight is 385 g/mol. The van der Waals surface area contributed by atoms with Crippen molar-refractivity contribution < 1.29 is 14.7 Å². The molecule has 1 heterocycles. The van der Waals surface area contributed by atoms with Gasteiger partial charge in [-0.3, -0.25) is 9.59 Å². The number of aryl methyl sites for hydroxylation is 1. The minimum absolute atomic E-state index is 0.191. The molecule has 3 rings (SSSR count). The van der Waals surface area contributed by atoms with Crippen molar-refractivity contribution in [1.82, 2.24) is 10.3 Å². The maximum atomic E-state index is 12.8. The summed E-state index contributed by atoms with van der Waals surface area (Å²) in [4.78, 5) is 28.5. The quantitative estimate of drug-likeness (QED) is 0.670. The molecule has 0 aliphatic rings. The van der Waals surface area contributed by atoms with E-state index < -0.39 is 17.9 Å². The number of carboxylic acid groups (broad SMARTS) is 1. The molecule has 6 heteroatoms. The monoisotopic (exact) mass is 385 g/mol. The highest BCUT2D eigenvalue weighted by Crippen LogP contribution is 2.22. The van der Waals surface area contributed by atoms with Crippen molar-refractivity contribution in [2.24, 2.45) is 0 Å². The molecular formula is C23H19N3O3. The van der Waals surface area contributed by atoms with Crippen LogP contribution in [0.2, 0.25) is 0 Å². The van der Waals surface area contributed by atoms with Crippen LogP contribution in [0.15, 0.2) is 66.7 Å². The Kier molecular flexibility index (Phi) is 6.00. The van der Waals surface area contributed by atoms with Crippen molar-refractivity contribution in [2.45, 2.75) is 19.4 Å². The first-order valence-corrected chi connectivity index (χ1v) is 9.03. The fourth-order valence-electron chi connectivity index (χ4n) is 3.06. The van der Waals surface area contributed by atoms with Gasteiger partial charge in [0.05, 0.1) is 29.8 Å². The molecule has 0 bridgehead atoms. The highest BCUT2D eigenvalue weighted by atomic mass is 16.4. The van der Waals surface area contributed by atoms with Gasteiger partial charge in [0, 0.05) is 5.56 Å². The predicted molar refractivity (Wildman–Crippen MR) is 108 cm³/mol. The molecule has 0 fully saturated rings. The van der Waals surface area contributed by atoms with Gasteiger partial charge in [0.15, 0.2) is 0 Å². The molecular weight excluding hydrogens is 366 g/mol. The number of carbonyl (C=O) groups excluding carboxylic acids is 1. The predicted octanol–water partition coefficient (Wildman–Crippen LogP) is 3.87. The number of pyridine rings is 1. The van der Waals surface area contributed by atoms with Crippen LogP contribution < -0.4 is 5.32 Å². The number of rotatable bonds is 6. The van der Waals surface area contributed by atoms with E-state index in [2.05, 4.69) is 16.4 Å². The Morgan fingerprint density at radius 2 is 1.79 bits per heavy atom. The molecule has 6 nitrogen and oxygen atoms in total. The van der Waals surface area contributed by atoms with E-state index in [-0.39, 0.29) is 12.1 Å². The number of aromatic nitrogens is 1. The van der Waals surface area contributed by atoms with Gasteiger partial charge in [-0.1, -0.05) is 42.5 Å². The fraction of sp³-hybridized carbons (Fsp3) is 0.130. The van der Waals surface area contributed by atoms with Gasteiger partial charge in [-0.25, -0.2) is 4.98 Å². The molecule has 2 aromatic carbocycles. The third kappa shape index (κ3) is 4.85. The minimum atomic E-state index is -1.00. The van der Waals surface area contributed by atoms with E-state index in [1.165, 1.54) is 0 Å². The third-order valence-corrected chi connectivity index (χ3v) is 4.54. The van der Waals surface area contributed by atoms with Crippen LogP contribution in [-0.4, -0.2) is 22.0 Å². The first kappa shape index (κ1) is 19.8. The number of carbonyl (C=O) groups is 2. The maximum absolute atomic E-state index is 12.8. The van der Waals surface area contributed by atoms with Crippen LogP contribution in [0.25, 0.3) is 11.3 Å². The van der Waals surface area contributed by atoms with Crippen LogP contribution in [0, 0.1) is 18.3 Å². The first-order valence-electron chi connectivity index (χ1n) is 9.03. The summed E-state index contributed by atoms with van der Waals surface area (Å²) < 4.78 is 0. The molecule has 0 saturated heterocycles. The Hall–Kier alpha value is -3.98. The summed E-state index contributed by atoms with van der Waals surface area (Å²) >= 11 is 0. The summed E-state index contributed by atoms with van der Waals surface area (Å²) in [7, 11) is 0. The van der Waals surface area contributed by atoms with E-state index in [9.17, 15) is 14.7 Å². The van der Waals surface area contributed by atoms with Gasteiger partial charge in [-0.15, -0.1) is 0 Å². The molecule has 1 atom stereocenters. The molecule has 3 aromatic rings. The van der Waals surface area contributed by atoms with Crippen molar-refractivity contribution in [1.29, 1.82) is 5.26 Å². The zero-order valence-electron chi connectivity index (χ0n) is 15.8. The van der Waals surface area contributed by atoms with Gasteiger partial charge in [-0.2, -0.15) is 5.26 Å². The second-order valence-electron chi connectivity index (χ2n) is 6.58. The smallest absolute Gasteiger partial charge is 0.305 e. The zero-order chi connectivity index (χ0) is 20.8. The number of amides is 1. The molecule has 144 valence electrons. The number of nitrogens with one attached hydrogen (secondary N) is 1. The van der Waals surface area contributed by atoms with E-state index >= 15 is 0 Å². The van der Waals surface area contributed by atoms with Crippen LogP contribution in [0.4, 0.5) is 0 Å². The van der Waals surface area contributed by atoms with Crippen LogP contribution in [0.3, 0.4) is 0 Å². The summed E-state index contributed by atoms with van der Waals surface area (Å²) in [5.74, 6) is -1.45. The van der Waals surface area contributed by atoms with Crippen LogP contribution >= 0.6 is 0 Å². The summed E-state index contributed by atoms with van der Waals surface area (Å²) in [5, 5.41) is 21.0. The highest BCUT2D eigenvalue weighted by Gasteiger charge is 2.21. The second-order valence-corrected chi connectivity index (χ2v) is 6.58. The molecule has 1 amide bonds. The van der Waals surface area contributed by atoms with E-state index in [0.29, 0.717) is 11.3 Å². The number of carboxylic acids is 1. The summed E-state index contributed by atoms with van der Waals surface area (Å²) in [6, 6.07) is 20.7. The molecule has 0 aliphatic heterocycles. The number of benzene rings is 2. The van der Waals surface area contributed by atoms with Gasteiger partial charge in [-0.05, 0) is 42.3 Å². The van der Waals surface area contributed by atoms with Gasteiger partial charge in [0.1, 0.15) is 5.69 Å². The van der Waals surface area contributed by atoms with E-state index in [4.69, 9.17) is 5.26 Å². The number of hydrogen-bond acceptors (Lipinski definition) is 4. The van der Waals surface area contributed by atoms with Crippen molar-refractivity contribution in [3.63, 3.8) is 0 Å². The number of nitrogens with zero attached hydrogens (tertiary/aromatic N) is 2. The van der Waals surface area contributed by atoms with E-state index in [1.807, 2.05) is 31.2 Å². The molecule has 29 heavy (non-hydrogen) atoms. The number of aliphatic carboxylic acids is 1. The maximum Gasteiger partial charge on any atom is 0.305 e. The average Bonchev–Trinajstić information content (AvgIpc) is 2.73. The van der Waals surface area contributed by atoms with Crippen molar-refractivity contribution in [2.75, 3.05) is 0 Å². The Morgan fingerprint density at radius 1 is 1.07 bits per heavy atom. The van der Waals surface area contributed by atoms with Crippen LogP contribution in [0.5, 0.6) is 0 Å². The van der Waals surface area contributed by atoms with Crippen molar-refractivity contribution >= 4 is 11.9 Å². The number of nitriles is 1. The first-order chi connectivity index (χ1) is 14.0. The largest absolute Gasteiger partial charge is 0.481 e. The Labute approximate surface area is 168 Å². The zero-order valence-corrected chi connectivity index (χ0v) is 15.8. The van der Waals surface area contributed by atoms with Crippen molar-refractivity contribution in [3.8, 4) is 17.3 Å². The minimum Gasteiger partial charge on any atom is -0.481 e. The molecule has 0 radical (unpaired) electrons. The van der Waals surface area contributed by atoms with Crippen LogP contribution in [-0.2, 0) is 4.79 Å². The fourth-order valence-corrected chi connectivity index (χ4v) is 3.06. The molecule has 0 spiro atoms. The van der Waals surface area contributed by atoms with Crippen molar-refractivity contribution in [3.05, 3.63) is 89.1 Å². The molecule has 0 saturated carbocycles. The lowest BCUT2D eigenvalue weighted by Crippen LogP contribution is -2.31. The molecule has 2 N–H and O–H groups in total. The van der Waals surface area contributed by atoms with Crippen LogP contribution in [0.1, 0.15) is 39.6 Å². The standard InChI is InChI=1S/C23H19N3O3/c1-15-5-2-3-6-18(15)21(13-22(27)28)26-23(29)20-8-4-7-19(25-20)17-11-9-16(14-24)10-12-17/h2-12,21H,13H2,1H3,(H,26,29)(H,27,28)/t21-/m0/s1. The Morgan fingerprint density at radius 3 is 2.45 bits per heavy atom. The van der Waals surface area contributed by atoms with Gasteiger partial charge in [0.2, 0.25) is 0 Å². The second kappa shape index (κ2) is 8.81. The summed E-state index contributed by atoms with van der Waals surface area (Å²) in [6.07, 6.45) is -0.230. The molecule has 0 aliphatic carbocycles. The van der Waals surface area contributed by atoms with Gasteiger partial charge < -0.3 is 10.4 Å². The topological polar surface area (TPSA) is 103 Å². The normalized spacial score (nSPS) is 11.3. The van der Waals surface area contributed by atoms with Gasteiger partial charge >= 0.3 is 5.97 Å². The summed E-state index contributed by atoms with van der Waals surface area (Å²) in [5.41, 5.74) is 3.76. The lowest BCUT2D eigenvalue weighted by molar-refractivity contribution is -0.137. The lowest BCUT2D eigenvalue weighted by atomic mass is 9.98. The Bertz CT molecular complexity index is 1090. The molecule has 0 unspecified atom stereocenters. The third-order valence-electron chi connectivity index (χ3n) is 4.54.